The number of pyridine rings is 1. The van der Waals surface area contributed by atoms with Crippen LogP contribution < -0.4 is 20.3 Å². The number of benzene rings is 1. The summed E-state index contributed by atoms with van der Waals surface area (Å²) in [6.07, 6.45) is 6.20. The van der Waals surface area contributed by atoms with Crippen LogP contribution in [0.15, 0.2) is 41.5 Å². The van der Waals surface area contributed by atoms with E-state index < -0.39 is 0 Å². The van der Waals surface area contributed by atoms with Crippen molar-refractivity contribution in [1.82, 2.24) is 14.8 Å². The maximum Gasteiger partial charge on any atom is 0.280 e. The molecule has 7 rings (SSSR count). The highest BCUT2D eigenvalue weighted by Gasteiger charge is 2.36. The minimum atomic E-state index is -0.320. The predicted molar refractivity (Wildman–Crippen MR) is 160 cm³/mol. The highest BCUT2D eigenvalue weighted by molar-refractivity contribution is 6.19. The number of aliphatic imine (C=N–C) groups is 1. The molecular formula is C31H37N7O4. The van der Waals surface area contributed by atoms with Crippen molar-refractivity contribution < 1.29 is 19.0 Å². The number of amides is 1. The molecule has 1 saturated heterocycles. The normalized spacial score (nSPS) is 23.7. The molecule has 1 aromatic carbocycles. The Morgan fingerprint density at radius 2 is 2.00 bits per heavy atom. The fourth-order valence-corrected chi connectivity index (χ4v) is 6.10. The van der Waals surface area contributed by atoms with Gasteiger partial charge < -0.3 is 29.7 Å². The highest BCUT2D eigenvalue weighted by atomic mass is 16.6. The standard InChI is InChI=1S/C31H37N7O4/c1-19-12-22-13-26(34-19)25-16-33-37(2)30(25)42-9-3-4-21(20-5-6-20)17-38-28-8-7-23(32-15-24-18-40-10-11-41-24)14-27(28)35-31(38)36-29(22)39/h7-8,12-14,16,20-21,24,32H,3-6,9-11,15,17-18H2,1-2H3,(H,35,36,39)/t21-,24?/m1/s1. The van der Waals surface area contributed by atoms with Crippen LogP contribution in [-0.2, 0) is 16.5 Å². The van der Waals surface area contributed by atoms with E-state index in [1.807, 2.05) is 14.0 Å². The van der Waals surface area contributed by atoms with Crippen molar-refractivity contribution in [2.75, 3.05) is 55.1 Å². The Labute approximate surface area is 245 Å². The summed E-state index contributed by atoms with van der Waals surface area (Å²) in [5.74, 6) is 2.04. The molecule has 4 aliphatic rings. The first kappa shape index (κ1) is 26.9. The Morgan fingerprint density at radius 3 is 2.83 bits per heavy atom. The molecule has 2 N–H and O–H groups in total. The molecule has 1 amide bonds. The van der Waals surface area contributed by atoms with Crippen LogP contribution in [0.3, 0.4) is 0 Å². The lowest BCUT2D eigenvalue weighted by Gasteiger charge is -2.26. The van der Waals surface area contributed by atoms with Crippen molar-refractivity contribution in [2.24, 2.45) is 23.9 Å². The first-order valence-electron chi connectivity index (χ1n) is 14.9. The minimum Gasteiger partial charge on any atom is -0.477 e. The third kappa shape index (κ3) is 5.58. The van der Waals surface area contributed by atoms with E-state index in [0.717, 1.165) is 47.7 Å². The monoisotopic (exact) mass is 571 g/mol. The summed E-state index contributed by atoms with van der Waals surface area (Å²) < 4.78 is 19.3. The zero-order chi connectivity index (χ0) is 28.6. The number of carbonyl (C=O) groups excluding carboxylic acids is 1. The van der Waals surface area contributed by atoms with E-state index in [4.69, 9.17) is 19.2 Å². The summed E-state index contributed by atoms with van der Waals surface area (Å²) in [6.45, 7) is 5.79. The zero-order valence-corrected chi connectivity index (χ0v) is 24.1. The molecule has 11 heteroatoms. The summed E-state index contributed by atoms with van der Waals surface area (Å²) in [5.41, 5.74) is 5.56. The van der Waals surface area contributed by atoms with Crippen LogP contribution in [0.25, 0.3) is 11.3 Å². The van der Waals surface area contributed by atoms with Gasteiger partial charge in [0.25, 0.3) is 5.91 Å². The smallest absolute Gasteiger partial charge is 0.280 e. The van der Waals surface area contributed by atoms with Gasteiger partial charge in [0.1, 0.15) is 0 Å². The number of nitrogens with one attached hydrogen (secondary N) is 2. The molecule has 5 heterocycles. The number of aromatic nitrogens is 3. The van der Waals surface area contributed by atoms with E-state index in [1.165, 1.54) is 12.8 Å². The van der Waals surface area contributed by atoms with Crippen LogP contribution in [0.4, 0.5) is 17.1 Å². The van der Waals surface area contributed by atoms with Gasteiger partial charge in [-0.3, -0.25) is 9.78 Å². The van der Waals surface area contributed by atoms with Gasteiger partial charge in [0.15, 0.2) is 0 Å². The van der Waals surface area contributed by atoms with E-state index in [2.05, 4.69) is 43.8 Å². The fourth-order valence-electron chi connectivity index (χ4n) is 6.10. The third-order valence-electron chi connectivity index (χ3n) is 8.44. The van der Waals surface area contributed by atoms with Gasteiger partial charge in [-0.25, -0.2) is 4.68 Å². The molecule has 0 radical (unpaired) electrons. The molecular weight excluding hydrogens is 534 g/mol. The van der Waals surface area contributed by atoms with Crippen molar-refractivity contribution in [3.63, 3.8) is 0 Å². The van der Waals surface area contributed by atoms with Gasteiger partial charge in [0.05, 0.1) is 61.4 Å². The molecule has 0 spiro atoms. The fraction of sp³-hybridized carbons (Fsp3) is 0.484. The van der Waals surface area contributed by atoms with Gasteiger partial charge >= 0.3 is 0 Å². The topological polar surface area (TPSA) is 115 Å². The lowest BCUT2D eigenvalue weighted by Crippen LogP contribution is -2.36. The SMILES string of the molecule is Cc1cc2cc(n1)-c1cnn(C)c1OCCC[C@@H](C1CC1)CN1/C(=N/C2=O)Nc2cc(NCC3COCCO3)ccc21. The Morgan fingerprint density at radius 1 is 1.10 bits per heavy atom. The van der Waals surface area contributed by atoms with Crippen molar-refractivity contribution in [3.8, 4) is 17.1 Å². The average molecular weight is 572 g/mol. The van der Waals surface area contributed by atoms with Crippen molar-refractivity contribution in [1.29, 1.82) is 0 Å². The van der Waals surface area contributed by atoms with Gasteiger partial charge in [-0.05, 0) is 74.8 Å². The molecule has 42 heavy (non-hydrogen) atoms. The summed E-state index contributed by atoms with van der Waals surface area (Å²) >= 11 is 0. The number of guanidine groups is 1. The maximum atomic E-state index is 13.7. The predicted octanol–water partition coefficient (Wildman–Crippen LogP) is 4.24. The number of aryl methyl sites for hydroxylation is 2. The average Bonchev–Trinajstić information content (AvgIpc) is 3.70. The second-order valence-electron chi connectivity index (χ2n) is 11.6. The molecule has 11 nitrogen and oxygen atoms in total. The number of ether oxygens (including phenoxy) is 3. The van der Waals surface area contributed by atoms with E-state index in [-0.39, 0.29) is 12.0 Å². The van der Waals surface area contributed by atoms with Crippen molar-refractivity contribution >= 4 is 28.9 Å². The van der Waals surface area contributed by atoms with Gasteiger partial charge in [-0.15, -0.1) is 0 Å². The van der Waals surface area contributed by atoms with Crippen molar-refractivity contribution in [3.05, 3.63) is 47.8 Å². The van der Waals surface area contributed by atoms with E-state index in [9.17, 15) is 4.79 Å². The van der Waals surface area contributed by atoms with Gasteiger partial charge in [-0.2, -0.15) is 10.1 Å². The molecule has 1 saturated carbocycles. The molecule has 3 aromatic rings. The molecule has 1 aliphatic carbocycles. The Bertz CT molecular complexity index is 1510. The van der Waals surface area contributed by atoms with Crippen LogP contribution in [0.5, 0.6) is 5.88 Å². The molecule has 3 aliphatic heterocycles. The van der Waals surface area contributed by atoms with Crippen LogP contribution >= 0.6 is 0 Å². The van der Waals surface area contributed by atoms with Crippen LogP contribution in [-0.4, -0.2) is 72.3 Å². The molecule has 220 valence electrons. The van der Waals surface area contributed by atoms with Gasteiger partial charge in [-0.1, -0.05) is 0 Å². The van der Waals surface area contributed by atoms with Gasteiger partial charge in [0.2, 0.25) is 11.8 Å². The third-order valence-corrected chi connectivity index (χ3v) is 8.44. The Balaban J connectivity index is 1.22. The van der Waals surface area contributed by atoms with Crippen LogP contribution in [0.2, 0.25) is 0 Å². The molecule has 2 bridgehead atoms. The first-order valence-corrected chi connectivity index (χ1v) is 14.9. The van der Waals surface area contributed by atoms with E-state index >= 15 is 0 Å². The summed E-state index contributed by atoms with van der Waals surface area (Å²) in [4.78, 5) is 25.2. The molecule has 1 unspecified atom stereocenters. The van der Waals surface area contributed by atoms with E-state index in [0.29, 0.717) is 67.9 Å². The molecule has 2 fully saturated rings. The highest BCUT2D eigenvalue weighted by Crippen LogP contribution is 2.43. The minimum absolute atomic E-state index is 0.0257. The van der Waals surface area contributed by atoms with Crippen LogP contribution in [0.1, 0.15) is 41.7 Å². The number of hydrogen-bond acceptors (Lipinski definition) is 9. The number of nitrogens with zero attached hydrogens (tertiary/aromatic N) is 5. The number of carbonyl (C=O) groups is 1. The summed E-state index contributed by atoms with van der Waals surface area (Å²) in [7, 11) is 1.87. The maximum absolute atomic E-state index is 13.7. The molecule has 2 atom stereocenters. The quantitative estimate of drug-likeness (QED) is 0.474. The number of rotatable bonds is 4. The zero-order valence-electron chi connectivity index (χ0n) is 24.1. The van der Waals surface area contributed by atoms with E-state index in [1.54, 1.807) is 23.0 Å². The second-order valence-corrected chi connectivity index (χ2v) is 11.6. The molecule has 2 aromatic heterocycles. The van der Waals surface area contributed by atoms with Crippen molar-refractivity contribution in [2.45, 2.75) is 38.7 Å². The largest absolute Gasteiger partial charge is 0.477 e. The summed E-state index contributed by atoms with van der Waals surface area (Å²) in [5, 5.41) is 11.4. The number of fused-ring (bicyclic) bond motifs is 7. The lowest BCUT2D eigenvalue weighted by molar-refractivity contribution is -0.0818. The first-order chi connectivity index (χ1) is 20.5. The summed E-state index contributed by atoms with van der Waals surface area (Å²) in [6, 6.07) is 9.82. The number of anilines is 3. The van der Waals surface area contributed by atoms with Crippen LogP contribution in [0, 0.1) is 18.8 Å². The Hall–Kier alpha value is -3.96. The second kappa shape index (κ2) is 11.4. The lowest BCUT2D eigenvalue weighted by atomic mass is 9.97. The number of hydrogen-bond donors (Lipinski definition) is 2. The van der Waals surface area contributed by atoms with Gasteiger partial charge in [0, 0.05) is 37.1 Å². The Kier molecular flexibility index (Phi) is 7.29.